The maximum absolute atomic E-state index is 11.2. The summed E-state index contributed by atoms with van der Waals surface area (Å²) in [6, 6.07) is 0. The van der Waals surface area contributed by atoms with Crippen molar-refractivity contribution < 1.29 is 55.6 Å². The van der Waals surface area contributed by atoms with Gasteiger partial charge in [0.25, 0.3) is 0 Å². The number of halogens is 12. The van der Waals surface area contributed by atoms with Crippen LogP contribution in [-0.4, -0.2) is 52.2 Å². The van der Waals surface area contributed by atoms with Crippen molar-refractivity contribution in [1.82, 2.24) is 0 Å². The van der Waals surface area contributed by atoms with Crippen molar-refractivity contribution >= 4 is 39.0 Å². The molecule has 16 heteroatoms. The van der Waals surface area contributed by atoms with Crippen LogP contribution in [-0.2, 0) is 21.8 Å². The number of rotatable bonds is 0. The third-order valence-electron chi connectivity index (χ3n) is 0.827. The van der Waals surface area contributed by atoms with Gasteiger partial charge in [-0.15, -0.1) is 0 Å². The van der Waals surface area contributed by atoms with E-state index in [1.807, 2.05) is 0 Å². The Bertz CT molecular complexity index is 234. The van der Waals surface area contributed by atoms with Crippen molar-refractivity contribution in [2.45, 2.75) is 12.8 Å². The zero-order chi connectivity index (χ0) is 16.4. The Balaban J connectivity index is -0.000000214. The van der Waals surface area contributed by atoms with Gasteiger partial charge in [-0.3, -0.25) is 0 Å². The molecule has 0 bridgehead atoms. The van der Waals surface area contributed by atoms with Crippen molar-refractivity contribution in [3.63, 3.8) is 0 Å². The topological polar surface area (TPSA) is 9.23 Å². The molecule has 0 N–H and O–H groups in total. The van der Waals surface area contributed by atoms with Crippen LogP contribution in [0.25, 0.3) is 0 Å². The quantitative estimate of drug-likeness (QED) is 0.279. The smallest absolute Gasteiger partial charge is 2.00 e. The molecule has 1 fully saturated rings. The molecular formula is C4H8F12FeOSb2. The first kappa shape index (κ1) is 26.2. The molecule has 0 aliphatic carbocycles. The summed E-state index contributed by atoms with van der Waals surface area (Å²) < 4.78 is 124. The van der Waals surface area contributed by atoms with Crippen LogP contribution < -0.4 is 0 Å². The van der Waals surface area contributed by atoms with E-state index in [2.05, 4.69) is 0 Å². The van der Waals surface area contributed by atoms with E-state index >= 15 is 0 Å². The van der Waals surface area contributed by atoms with Crippen LogP contribution in [0, 0.1) is 0 Å². The largest absolute Gasteiger partial charge is 2.00 e. The molecule has 0 radical (unpaired) electrons. The van der Waals surface area contributed by atoms with E-state index in [1.165, 1.54) is 12.8 Å². The van der Waals surface area contributed by atoms with E-state index < -0.39 is 39.0 Å². The minimum Gasteiger partial charge on any atom is 2.00 e. The maximum atomic E-state index is 9.93. The Labute approximate surface area is 120 Å². The molecular weight excluding hydrogens is 591 g/mol. The average molecular weight is 599 g/mol. The summed E-state index contributed by atoms with van der Waals surface area (Å²) in [7, 11) is 0. The van der Waals surface area contributed by atoms with Crippen molar-refractivity contribution in [2.75, 3.05) is 13.2 Å². The Hall–Kier alpha value is 1.28. The van der Waals surface area contributed by atoms with Gasteiger partial charge in [0.15, 0.2) is 0 Å². The van der Waals surface area contributed by atoms with Crippen LogP contribution >= 0.6 is 0 Å². The third kappa shape index (κ3) is 163. The molecule has 1 aliphatic rings. The van der Waals surface area contributed by atoms with Crippen LogP contribution in [0.3, 0.4) is 0 Å². The van der Waals surface area contributed by atoms with Gasteiger partial charge in [0.1, 0.15) is 0 Å². The summed E-state index contributed by atoms with van der Waals surface area (Å²) in [6.45, 7) is 2.00. The van der Waals surface area contributed by atoms with Crippen LogP contribution in [0.1, 0.15) is 12.8 Å². The predicted octanol–water partition coefficient (Wildman–Crippen LogP) is 5.08. The fourth-order valence-corrected chi connectivity index (χ4v) is 0.510. The molecule has 0 aromatic carbocycles. The van der Waals surface area contributed by atoms with Crippen molar-refractivity contribution in [2.24, 2.45) is 0 Å². The summed E-state index contributed by atoms with van der Waals surface area (Å²) in [6.07, 6.45) is 2.56. The van der Waals surface area contributed by atoms with Gasteiger partial charge in [-0.1, -0.05) is 0 Å². The monoisotopic (exact) mass is 598 g/mol. The van der Waals surface area contributed by atoms with E-state index in [1.54, 1.807) is 0 Å². The molecule has 1 aliphatic heterocycles. The number of ether oxygens (including phenoxy) is 1. The Morgan fingerprint density at radius 2 is 0.650 bits per heavy atom. The fourth-order valence-electron chi connectivity index (χ4n) is 0.510. The molecule has 1 saturated heterocycles. The van der Waals surface area contributed by atoms with Gasteiger partial charge in [-0.2, -0.15) is 0 Å². The van der Waals surface area contributed by atoms with Crippen LogP contribution in [0.4, 0.5) is 33.8 Å². The number of hydrogen-bond acceptors (Lipinski definition) is 1. The van der Waals surface area contributed by atoms with Gasteiger partial charge in [0.05, 0.1) is 0 Å². The minimum absolute atomic E-state index is 0. The van der Waals surface area contributed by atoms with E-state index in [0.717, 1.165) is 13.2 Å². The second-order valence-electron chi connectivity index (χ2n) is 3.24. The first-order valence-corrected chi connectivity index (χ1v) is 15.7. The molecule has 1 nitrogen and oxygen atoms in total. The molecule has 132 valence electrons. The van der Waals surface area contributed by atoms with Crippen molar-refractivity contribution in [3.05, 3.63) is 0 Å². The normalized spacial score (nSPS) is 22.2. The summed E-state index contributed by atoms with van der Waals surface area (Å²) in [5, 5.41) is 0. The fraction of sp³-hybridized carbons (Fsp3) is 1.00. The zero-order valence-corrected chi connectivity index (χ0v) is 15.2. The molecule has 0 unspecified atom stereocenters. The van der Waals surface area contributed by atoms with Gasteiger partial charge < -0.3 is 4.74 Å². The van der Waals surface area contributed by atoms with Crippen LogP contribution in [0.2, 0.25) is 0 Å². The summed E-state index contributed by atoms with van der Waals surface area (Å²) >= 11 is -22.5. The molecule has 1 heterocycles. The van der Waals surface area contributed by atoms with Gasteiger partial charge >= 0.3 is 89.8 Å². The zero-order valence-electron chi connectivity index (χ0n) is 9.02. The van der Waals surface area contributed by atoms with E-state index in [4.69, 9.17) is 4.74 Å². The standard InChI is InChI=1S/C4H8O.12FH.Fe.2Sb/c1-2-4-5-3-1;;;;;;;;;;;;;;;/h1-4H2;12*1H;;;/q;;;;;;;;;;;;;+2;2*+5/p-12. The van der Waals surface area contributed by atoms with Crippen LogP contribution in [0.5, 0.6) is 0 Å². The first-order valence-electron chi connectivity index (χ1n) is 4.11. The minimum atomic E-state index is -11.2. The van der Waals surface area contributed by atoms with E-state index in [9.17, 15) is 33.8 Å². The maximum Gasteiger partial charge on any atom is 2.00 e. The van der Waals surface area contributed by atoms with Gasteiger partial charge in [-0.05, 0) is 12.8 Å². The summed E-state index contributed by atoms with van der Waals surface area (Å²) in [4.78, 5) is 0. The predicted molar refractivity (Wildman–Crippen MR) is 44.9 cm³/mol. The second kappa shape index (κ2) is 5.72. The molecule has 0 atom stereocenters. The second-order valence-corrected chi connectivity index (χ2v) is 14.2. The molecule has 0 saturated carbocycles. The Kier molecular flexibility index (Phi) is 7.50. The van der Waals surface area contributed by atoms with Gasteiger partial charge in [-0.25, -0.2) is 0 Å². The summed E-state index contributed by atoms with van der Waals surface area (Å²) in [5.74, 6) is 0. The molecule has 0 aromatic heterocycles. The first-order chi connectivity index (χ1) is 7.40. The molecule has 1 rings (SSSR count). The Morgan fingerprint density at radius 3 is 0.700 bits per heavy atom. The summed E-state index contributed by atoms with van der Waals surface area (Å²) in [5.41, 5.74) is 0. The third-order valence-corrected chi connectivity index (χ3v) is 0.827. The van der Waals surface area contributed by atoms with E-state index in [0.29, 0.717) is 0 Å². The number of hydrogen-bond donors (Lipinski definition) is 0. The SMILES string of the molecule is C1CCOC1.[F][Sb-]([F])([F])([F])([F])[F].[F][Sb-]([F])([F])([F])([F])[F].[Fe+2]. The Morgan fingerprint density at radius 1 is 0.500 bits per heavy atom. The average Bonchev–Trinajstić information content (AvgIpc) is 2.18. The molecule has 0 amide bonds. The van der Waals surface area contributed by atoms with Crippen molar-refractivity contribution in [1.29, 1.82) is 0 Å². The van der Waals surface area contributed by atoms with Crippen molar-refractivity contribution in [3.8, 4) is 0 Å². The molecule has 0 aromatic rings. The molecule has 20 heavy (non-hydrogen) atoms. The molecule has 0 spiro atoms. The van der Waals surface area contributed by atoms with E-state index in [-0.39, 0.29) is 17.1 Å². The van der Waals surface area contributed by atoms with Crippen LogP contribution in [0.15, 0.2) is 0 Å². The van der Waals surface area contributed by atoms with Gasteiger partial charge in [0, 0.05) is 13.2 Å². The van der Waals surface area contributed by atoms with Gasteiger partial charge in [0.2, 0.25) is 0 Å².